The zero-order chi connectivity index (χ0) is 21.5. The summed E-state index contributed by atoms with van der Waals surface area (Å²) in [5.74, 6) is 2.55. The van der Waals surface area contributed by atoms with Gasteiger partial charge in [-0.1, -0.05) is 12.1 Å². The second-order valence-electron chi connectivity index (χ2n) is 8.66. The van der Waals surface area contributed by atoms with Crippen LogP contribution in [0.3, 0.4) is 0 Å². The summed E-state index contributed by atoms with van der Waals surface area (Å²) < 4.78 is 5.23. The topological polar surface area (TPSA) is 70.6 Å². The molecular weight excluding hydrogens is 390 g/mol. The summed E-state index contributed by atoms with van der Waals surface area (Å²) >= 11 is 0. The summed E-state index contributed by atoms with van der Waals surface area (Å²) in [7, 11) is 1.70. The molecule has 7 nitrogen and oxygen atoms in total. The molecule has 1 N–H and O–H groups in total. The number of piperidine rings is 2. The van der Waals surface area contributed by atoms with Crippen molar-refractivity contribution in [2.24, 2.45) is 11.8 Å². The number of nitrogens with zero attached hydrogens (tertiary/aromatic N) is 4. The predicted octanol–water partition coefficient (Wildman–Crippen LogP) is 2.73. The van der Waals surface area contributed by atoms with E-state index < -0.39 is 0 Å². The average molecular weight is 424 g/mol. The van der Waals surface area contributed by atoms with E-state index in [1.807, 2.05) is 12.1 Å². The van der Waals surface area contributed by atoms with Crippen molar-refractivity contribution in [2.75, 3.05) is 44.7 Å². The van der Waals surface area contributed by atoms with Gasteiger partial charge in [0.15, 0.2) is 0 Å². The lowest BCUT2D eigenvalue weighted by atomic mass is 9.94. The molecule has 4 rings (SSSR count). The number of carbonyl (C=O) groups excluding carboxylic acids is 1. The van der Waals surface area contributed by atoms with E-state index in [0.29, 0.717) is 5.92 Å². The summed E-state index contributed by atoms with van der Waals surface area (Å²) in [6.45, 7) is 5.59. The molecule has 0 aliphatic carbocycles. The van der Waals surface area contributed by atoms with Crippen LogP contribution in [0.25, 0.3) is 0 Å². The Labute approximate surface area is 184 Å². The van der Waals surface area contributed by atoms with Gasteiger partial charge in [-0.15, -0.1) is 0 Å². The lowest BCUT2D eigenvalue weighted by molar-refractivity contribution is -0.125. The molecule has 1 aromatic heterocycles. The highest BCUT2D eigenvalue weighted by atomic mass is 16.5. The van der Waals surface area contributed by atoms with E-state index >= 15 is 0 Å². The van der Waals surface area contributed by atoms with Crippen molar-refractivity contribution < 1.29 is 9.53 Å². The maximum absolute atomic E-state index is 12.8. The van der Waals surface area contributed by atoms with E-state index in [9.17, 15) is 4.79 Å². The van der Waals surface area contributed by atoms with Gasteiger partial charge in [-0.2, -0.15) is 0 Å². The number of aromatic nitrogens is 2. The van der Waals surface area contributed by atoms with Crippen LogP contribution in [0.1, 0.15) is 31.2 Å². The fraction of sp³-hybridized carbons (Fsp3) is 0.542. The molecule has 0 spiro atoms. The number of carbonyl (C=O) groups is 1. The van der Waals surface area contributed by atoms with Crippen molar-refractivity contribution in [1.82, 2.24) is 20.2 Å². The third-order valence-electron chi connectivity index (χ3n) is 6.50. The summed E-state index contributed by atoms with van der Waals surface area (Å²) in [4.78, 5) is 26.0. The van der Waals surface area contributed by atoms with E-state index in [-0.39, 0.29) is 11.8 Å². The smallest absolute Gasteiger partial charge is 0.224 e. The van der Waals surface area contributed by atoms with Crippen molar-refractivity contribution in [1.29, 1.82) is 0 Å². The Balaban J connectivity index is 1.18. The molecule has 0 unspecified atom stereocenters. The Morgan fingerprint density at radius 2 is 1.94 bits per heavy atom. The van der Waals surface area contributed by atoms with E-state index in [4.69, 9.17) is 4.74 Å². The predicted molar refractivity (Wildman–Crippen MR) is 121 cm³/mol. The highest BCUT2D eigenvalue weighted by Gasteiger charge is 2.27. The summed E-state index contributed by atoms with van der Waals surface area (Å²) in [6, 6.07) is 8.32. The maximum atomic E-state index is 12.8. The SMILES string of the molecule is COc1ccc(CN2CCC(CNC(=O)[C@@H]3CCCN(c4cnccn4)C3)CC2)cc1. The van der Waals surface area contributed by atoms with Crippen molar-refractivity contribution in [3.63, 3.8) is 0 Å². The largest absolute Gasteiger partial charge is 0.497 e. The van der Waals surface area contributed by atoms with Gasteiger partial charge < -0.3 is 15.0 Å². The number of methoxy groups -OCH3 is 1. The molecule has 0 radical (unpaired) electrons. The molecule has 1 amide bonds. The maximum Gasteiger partial charge on any atom is 0.224 e. The first-order chi connectivity index (χ1) is 15.2. The van der Waals surface area contributed by atoms with Crippen LogP contribution in [-0.2, 0) is 11.3 Å². The fourth-order valence-electron chi connectivity index (χ4n) is 4.58. The van der Waals surface area contributed by atoms with Gasteiger partial charge in [-0.3, -0.25) is 14.7 Å². The van der Waals surface area contributed by atoms with Gasteiger partial charge >= 0.3 is 0 Å². The quantitative estimate of drug-likeness (QED) is 0.738. The molecule has 31 heavy (non-hydrogen) atoms. The van der Waals surface area contributed by atoms with Gasteiger partial charge in [0.25, 0.3) is 0 Å². The van der Waals surface area contributed by atoms with E-state index in [2.05, 4.69) is 37.2 Å². The normalized spacial score (nSPS) is 20.4. The van der Waals surface area contributed by atoms with Crippen LogP contribution in [0.2, 0.25) is 0 Å². The second-order valence-corrected chi connectivity index (χ2v) is 8.66. The van der Waals surface area contributed by atoms with Crippen molar-refractivity contribution in [3.05, 3.63) is 48.4 Å². The van der Waals surface area contributed by atoms with E-state index in [1.165, 1.54) is 5.56 Å². The minimum absolute atomic E-state index is 0.0333. The van der Waals surface area contributed by atoms with Gasteiger partial charge in [0.2, 0.25) is 5.91 Å². The van der Waals surface area contributed by atoms with Gasteiger partial charge in [0.1, 0.15) is 11.6 Å². The molecule has 2 fully saturated rings. The van der Waals surface area contributed by atoms with Crippen LogP contribution in [0, 0.1) is 11.8 Å². The highest BCUT2D eigenvalue weighted by molar-refractivity contribution is 5.79. The summed E-state index contributed by atoms with van der Waals surface area (Å²) in [6.07, 6.45) is 9.39. The molecule has 0 saturated carbocycles. The number of likely N-dealkylation sites (tertiary alicyclic amines) is 1. The van der Waals surface area contributed by atoms with Crippen LogP contribution < -0.4 is 15.0 Å². The minimum Gasteiger partial charge on any atom is -0.497 e. The Morgan fingerprint density at radius 3 is 2.65 bits per heavy atom. The Morgan fingerprint density at radius 1 is 1.13 bits per heavy atom. The van der Waals surface area contributed by atoms with Gasteiger partial charge in [0.05, 0.1) is 19.2 Å². The standard InChI is InChI=1S/C24H33N5O2/c1-31-22-6-4-20(5-7-22)17-28-13-8-19(9-14-28)15-27-24(30)21-3-2-12-29(18-21)23-16-25-10-11-26-23/h4-7,10-11,16,19,21H,2-3,8-9,12-15,17-18H2,1H3,(H,27,30)/t21-/m1/s1. The molecule has 2 aromatic rings. The number of rotatable bonds is 7. The number of amides is 1. The van der Waals surface area contributed by atoms with E-state index in [1.54, 1.807) is 25.7 Å². The molecule has 0 bridgehead atoms. The third-order valence-corrected chi connectivity index (χ3v) is 6.50. The first-order valence-electron chi connectivity index (χ1n) is 11.3. The van der Waals surface area contributed by atoms with Gasteiger partial charge in [-0.25, -0.2) is 4.98 Å². The fourth-order valence-corrected chi connectivity index (χ4v) is 4.58. The average Bonchev–Trinajstić information content (AvgIpc) is 2.84. The van der Waals surface area contributed by atoms with Crippen molar-refractivity contribution in [3.8, 4) is 5.75 Å². The lowest BCUT2D eigenvalue weighted by Gasteiger charge is -2.34. The monoisotopic (exact) mass is 423 g/mol. The summed E-state index contributed by atoms with van der Waals surface area (Å²) in [5.41, 5.74) is 1.32. The highest BCUT2D eigenvalue weighted by Crippen LogP contribution is 2.22. The van der Waals surface area contributed by atoms with Crippen LogP contribution in [-0.4, -0.2) is 60.6 Å². The van der Waals surface area contributed by atoms with Crippen LogP contribution in [0.4, 0.5) is 5.82 Å². The van der Waals surface area contributed by atoms with Crippen LogP contribution >= 0.6 is 0 Å². The zero-order valence-corrected chi connectivity index (χ0v) is 18.4. The number of nitrogens with one attached hydrogen (secondary N) is 1. The van der Waals surface area contributed by atoms with Crippen molar-refractivity contribution >= 4 is 11.7 Å². The molecule has 3 heterocycles. The molecule has 166 valence electrons. The Kier molecular flexibility index (Phi) is 7.35. The van der Waals surface area contributed by atoms with E-state index in [0.717, 1.165) is 76.5 Å². The first kappa shape index (κ1) is 21.6. The molecule has 2 aliphatic rings. The Hall–Kier alpha value is -2.67. The zero-order valence-electron chi connectivity index (χ0n) is 18.4. The molecular formula is C24H33N5O2. The molecule has 1 atom stereocenters. The van der Waals surface area contributed by atoms with Gasteiger partial charge in [-0.05, 0) is 62.4 Å². The minimum atomic E-state index is 0.0333. The number of hydrogen-bond donors (Lipinski definition) is 1. The molecule has 1 aromatic carbocycles. The lowest BCUT2D eigenvalue weighted by Crippen LogP contribution is -2.45. The molecule has 7 heteroatoms. The number of hydrogen-bond acceptors (Lipinski definition) is 6. The van der Waals surface area contributed by atoms with Gasteiger partial charge in [0, 0.05) is 38.6 Å². The van der Waals surface area contributed by atoms with Crippen LogP contribution in [0.15, 0.2) is 42.9 Å². The second kappa shape index (κ2) is 10.6. The third kappa shape index (κ3) is 5.94. The van der Waals surface area contributed by atoms with Crippen molar-refractivity contribution in [2.45, 2.75) is 32.2 Å². The van der Waals surface area contributed by atoms with Crippen LogP contribution in [0.5, 0.6) is 5.75 Å². The summed E-state index contributed by atoms with van der Waals surface area (Å²) in [5, 5.41) is 3.24. The molecule has 2 aliphatic heterocycles. The first-order valence-corrected chi connectivity index (χ1v) is 11.3. The number of ether oxygens (including phenoxy) is 1. The number of anilines is 1. The number of benzene rings is 1. The molecule has 2 saturated heterocycles. The Bertz CT molecular complexity index is 822.